The number of nitrogens with zero attached hydrogens (tertiary/aromatic N) is 2. The molecule has 2 aliphatic rings. The van der Waals surface area contributed by atoms with Gasteiger partial charge in [0.15, 0.2) is 11.5 Å². The van der Waals surface area contributed by atoms with Gasteiger partial charge in [0.2, 0.25) is 0 Å². The monoisotopic (exact) mass is 277 g/mol. The summed E-state index contributed by atoms with van der Waals surface area (Å²) in [5.74, 6) is 1.05. The second kappa shape index (κ2) is 5.20. The lowest BCUT2D eigenvalue weighted by Crippen LogP contribution is -2.47. The Bertz CT molecular complexity index is 525. The highest BCUT2D eigenvalue weighted by Crippen LogP contribution is 2.36. The summed E-state index contributed by atoms with van der Waals surface area (Å²) in [6, 6.07) is 3.38. The van der Waals surface area contributed by atoms with Crippen LogP contribution < -0.4 is 15.2 Å². The number of likely N-dealkylation sites (N-methyl/N-ethyl adjacent to an activating group) is 1. The summed E-state index contributed by atoms with van der Waals surface area (Å²) < 4.78 is 11.1. The van der Waals surface area contributed by atoms with Crippen LogP contribution in [0.2, 0.25) is 0 Å². The van der Waals surface area contributed by atoms with Crippen molar-refractivity contribution in [3.05, 3.63) is 17.7 Å². The zero-order valence-electron chi connectivity index (χ0n) is 11.6. The molecule has 2 N–H and O–H groups in total. The maximum absolute atomic E-state index is 12.6. The maximum atomic E-state index is 12.6. The summed E-state index contributed by atoms with van der Waals surface area (Å²) in [6.45, 7) is 4.15. The van der Waals surface area contributed by atoms with Gasteiger partial charge < -0.3 is 25.0 Å². The zero-order valence-corrected chi connectivity index (χ0v) is 11.6. The van der Waals surface area contributed by atoms with Crippen LogP contribution in [0.25, 0.3) is 0 Å². The second-order valence-electron chi connectivity index (χ2n) is 5.19. The van der Waals surface area contributed by atoms with Gasteiger partial charge in [-0.15, -0.1) is 0 Å². The summed E-state index contributed by atoms with van der Waals surface area (Å²) in [7, 11) is 2.06. The molecule has 2 heterocycles. The van der Waals surface area contributed by atoms with Crippen LogP contribution >= 0.6 is 0 Å². The van der Waals surface area contributed by atoms with Crippen molar-refractivity contribution in [3.8, 4) is 11.5 Å². The van der Waals surface area contributed by atoms with E-state index in [1.165, 1.54) is 0 Å². The standard InChI is InChI=1S/C14H19N3O3/c1-16-2-4-17(5-3-16)14(18)11-8-10(15)9-12-13(11)20-7-6-19-12/h8-9H,2-7,15H2,1H3. The highest BCUT2D eigenvalue weighted by atomic mass is 16.6. The predicted molar refractivity (Wildman–Crippen MR) is 75.2 cm³/mol. The average Bonchev–Trinajstić information content (AvgIpc) is 2.46. The molecule has 0 aliphatic carbocycles. The Morgan fingerprint density at radius 3 is 2.60 bits per heavy atom. The van der Waals surface area contributed by atoms with E-state index in [1.807, 2.05) is 4.90 Å². The Labute approximate surface area is 118 Å². The topological polar surface area (TPSA) is 68.0 Å². The van der Waals surface area contributed by atoms with Crippen molar-refractivity contribution in [2.24, 2.45) is 0 Å². The lowest BCUT2D eigenvalue weighted by atomic mass is 10.1. The van der Waals surface area contributed by atoms with Gasteiger partial charge in [-0.3, -0.25) is 4.79 Å². The lowest BCUT2D eigenvalue weighted by Gasteiger charge is -2.33. The molecule has 6 heteroatoms. The van der Waals surface area contributed by atoms with E-state index in [0.29, 0.717) is 36.0 Å². The Balaban J connectivity index is 1.89. The van der Waals surface area contributed by atoms with Crippen molar-refractivity contribution >= 4 is 11.6 Å². The van der Waals surface area contributed by atoms with Gasteiger partial charge in [-0.25, -0.2) is 0 Å². The van der Waals surface area contributed by atoms with Gasteiger partial charge in [-0.1, -0.05) is 0 Å². The number of nitrogens with two attached hydrogens (primary N) is 1. The number of hydrogen-bond acceptors (Lipinski definition) is 5. The number of carbonyl (C=O) groups is 1. The molecule has 108 valence electrons. The second-order valence-corrected chi connectivity index (χ2v) is 5.19. The van der Waals surface area contributed by atoms with Crippen molar-refractivity contribution in [3.63, 3.8) is 0 Å². The smallest absolute Gasteiger partial charge is 0.257 e. The van der Waals surface area contributed by atoms with E-state index < -0.39 is 0 Å². The summed E-state index contributed by atoms with van der Waals surface area (Å²) >= 11 is 0. The number of anilines is 1. The van der Waals surface area contributed by atoms with Gasteiger partial charge in [-0.2, -0.15) is 0 Å². The highest BCUT2D eigenvalue weighted by molar-refractivity contribution is 5.99. The molecule has 0 radical (unpaired) electrons. The predicted octanol–water partition coefficient (Wildman–Crippen LogP) is 0.428. The number of nitrogen functional groups attached to an aromatic ring is 1. The number of piperazine rings is 1. The molecule has 1 aromatic rings. The van der Waals surface area contributed by atoms with E-state index in [4.69, 9.17) is 15.2 Å². The van der Waals surface area contributed by atoms with Gasteiger partial charge in [0, 0.05) is 37.9 Å². The Morgan fingerprint density at radius 2 is 1.85 bits per heavy atom. The molecule has 0 spiro atoms. The van der Waals surface area contributed by atoms with E-state index in [-0.39, 0.29) is 5.91 Å². The Morgan fingerprint density at radius 1 is 1.15 bits per heavy atom. The number of carbonyl (C=O) groups excluding carboxylic acids is 1. The number of rotatable bonds is 1. The summed E-state index contributed by atoms with van der Waals surface area (Å²) in [5.41, 5.74) is 6.88. The highest BCUT2D eigenvalue weighted by Gasteiger charge is 2.27. The minimum Gasteiger partial charge on any atom is -0.486 e. The van der Waals surface area contributed by atoms with Crippen molar-refractivity contribution in [1.82, 2.24) is 9.80 Å². The Kier molecular flexibility index (Phi) is 3.40. The number of benzene rings is 1. The zero-order chi connectivity index (χ0) is 14.1. The first-order valence-corrected chi connectivity index (χ1v) is 6.82. The fourth-order valence-corrected chi connectivity index (χ4v) is 2.51. The van der Waals surface area contributed by atoms with E-state index in [0.717, 1.165) is 26.2 Å². The van der Waals surface area contributed by atoms with E-state index in [9.17, 15) is 4.79 Å². The first-order valence-electron chi connectivity index (χ1n) is 6.82. The fraction of sp³-hybridized carbons (Fsp3) is 0.500. The normalized spacial score (nSPS) is 18.9. The Hall–Kier alpha value is -1.95. The first kappa shape index (κ1) is 13.1. The maximum Gasteiger partial charge on any atom is 0.257 e. The van der Waals surface area contributed by atoms with Gasteiger partial charge in [0.25, 0.3) is 5.91 Å². The van der Waals surface area contributed by atoms with Crippen LogP contribution in [0.15, 0.2) is 12.1 Å². The third-order valence-electron chi connectivity index (χ3n) is 3.69. The molecular formula is C14H19N3O3. The fourth-order valence-electron chi connectivity index (χ4n) is 2.51. The van der Waals surface area contributed by atoms with Gasteiger partial charge in [-0.05, 0) is 13.1 Å². The number of ether oxygens (including phenoxy) is 2. The van der Waals surface area contributed by atoms with Crippen LogP contribution in [-0.2, 0) is 0 Å². The van der Waals surface area contributed by atoms with Crippen LogP contribution in [0.5, 0.6) is 11.5 Å². The van der Waals surface area contributed by atoms with Crippen LogP contribution in [-0.4, -0.2) is 62.1 Å². The first-order chi connectivity index (χ1) is 9.65. The van der Waals surface area contributed by atoms with Gasteiger partial charge >= 0.3 is 0 Å². The molecule has 1 aromatic carbocycles. The van der Waals surface area contributed by atoms with Crippen molar-refractivity contribution in [2.75, 3.05) is 52.2 Å². The van der Waals surface area contributed by atoms with Gasteiger partial charge in [0.05, 0.1) is 5.56 Å². The summed E-state index contributed by atoms with van der Waals surface area (Å²) in [6.07, 6.45) is 0. The molecule has 1 fully saturated rings. The third kappa shape index (κ3) is 2.38. The largest absolute Gasteiger partial charge is 0.486 e. The SMILES string of the molecule is CN1CCN(C(=O)c2cc(N)cc3c2OCCO3)CC1. The molecule has 1 saturated heterocycles. The van der Waals surface area contributed by atoms with Crippen LogP contribution in [0.3, 0.4) is 0 Å². The summed E-state index contributed by atoms with van der Waals surface area (Å²) in [5, 5.41) is 0. The molecule has 1 amide bonds. The van der Waals surface area contributed by atoms with Gasteiger partial charge in [0.1, 0.15) is 13.2 Å². The molecule has 0 saturated carbocycles. The molecule has 0 aromatic heterocycles. The molecule has 0 bridgehead atoms. The third-order valence-corrected chi connectivity index (χ3v) is 3.69. The van der Waals surface area contributed by atoms with Crippen molar-refractivity contribution < 1.29 is 14.3 Å². The van der Waals surface area contributed by atoms with Crippen LogP contribution in [0.1, 0.15) is 10.4 Å². The number of amides is 1. The molecule has 0 atom stereocenters. The van der Waals surface area contributed by atoms with E-state index in [1.54, 1.807) is 12.1 Å². The molecule has 2 aliphatic heterocycles. The molecule has 20 heavy (non-hydrogen) atoms. The van der Waals surface area contributed by atoms with E-state index in [2.05, 4.69) is 11.9 Å². The molecule has 0 unspecified atom stereocenters. The minimum absolute atomic E-state index is 0.0350. The number of fused-ring (bicyclic) bond motifs is 1. The molecule has 3 rings (SSSR count). The van der Waals surface area contributed by atoms with Crippen LogP contribution in [0, 0.1) is 0 Å². The van der Waals surface area contributed by atoms with Crippen LogP contribution in [0.4, 0.5) is 5.69 Å². The number of hydrogen-bond donors (Lipinski definition) is 1. The molecule has 6 nitrogen and oxygen atoms in total. The van der Waals surface area contributed by atoms with Crippen molar-refractivity contribution in [1.29, 1.82) is 0 Å². The molecular weight excluding hydrogens is 258 g/mol. The van der Waals surface area contributed by atoms with E-state index >= 15 is 0 Å². The quantitative estimate of drug-likeness (QED) is 0.754. The lowest BCUT2D eigenvalue weighted by molar-refractivity contribution is 0.0654. The summed E-state index contributed by atoms with van der Waals surface area (Å²) in [4.78, 5) is 16.7. The van der Waals surface area contributed by atoms with Crippen molar-refractivity contribution in [2.45, 2.75) is 0 Å². The average molecular weight is 277 g/mol. The minimum atomic E-state index is -0.0350.